The average molecular weight is 150 g/mol. The normalized spacial score (nSPS) is 41.7. The SMILES string of the molecule is CC1CC(F)CC(CF)O1. The summed E-state index contributed by atoms with van der Waals surface area (Å²) in [6.07, 6.45) is -0.857. The van der Waals surface area contributed by atoms with Gasteiger partial charge in [-0.15, -0.1) is 0 Å². The Hall–Kier alpha value is -0.180. The quantitative estimate of drug-likeness (QED) is 0.554. The fraction of sp³-hybridized carbons (Fsp3) is 1.00. The lowest BCUT2D eigenvalue weighted by Gasteiger charge is -2.28. The number of halogens is 2. The minimum absolute atomic E-state index is 0.121. The lowest BCUT2D eigenvalue weighted by Crippen LogP contribution is -2.33. The van der Waals surface area contributed by atoms with Crippen LogP contribution < -0.4 is 0 Å². The zero-order chi connectivity index (χ0) is 7.56. The molecule has 0 aromatic rings. The highest BCUT2D eigenvalue weighted by atomic mass is 19.1. The summed E-state index contributed by atoms with van der Waals surface area (Å²) in [6.45, 7) is 1.21. The minimum atomic E-state index is -0.871. The molecule has 1 saturated heterocycles. The maximum Gasteiger partial charge on any atom is 0.116 e. The standard InChI is InChI=1S/C7H12F2O/c1-5-2-6(9)3-7(4-8)10-5/h5-7H,2-4H2,1H3. The van der Waals surface area contributed by atoms with Gasteiger partial charge in [0.25, 0.3) is 0 Å². The molecule has 1 heterocycles. The molecule has 0 radical (unpaired) electrons. The summed E-state index contributed by atoms with van der Waals surface area (Å²) < 4.78 is 29.6. The van der Waals surface area contributed by atoms with Crippen molar-refractivity contribution in [2.45, 2.75) is 38.1 Å². The third-order valence-electron chi connectivity index (χ3n) is 1.70. The molecule has 1 aliphatic heterocycles. The van der Waals surface area contributed by atoms with Crippen molar-refractivity contribution < 1.29 is 13.5 Å². The van der Waals surface area contributed by atoms with Gasteiger partial charge in [0.2, 0.25) is 0 Å². The van der Waals surface area contributed by atoms with Gasteiger partial charge in [0, 0.05) is 12.8 Å². The summed E-state index contributed by atoms with van der Waals surface area (Å²) in [5, 5.41) is 0. The lowest BCUT2D eigenvalue weighted by atomic mass is 10.0. The van der Waals surface area contributed by atoms with E-state index in [4.69, 9.17) is 4.74 Å². The molecule has 3 atom stereocenters. The first-order valence-corrected chi connectivity index (χ1v) is 3.58. The molecule has 1 aliphatic rings. The highest BCUT2D eigenvalue weighted by Gasteiger charge is 2.26. The number of hydrogen-bond acceptors (Lipinski definition) is 1. The summed E-state index contributed by atoms with van der Waals surface area (Å²) in [4.78, 5) is 0. The fourth-order valence-electron chi connectivity index (χ4n) is 1.28. The molecule has 1 fully saturated rings. The molecule has 0 bridgehead atoms. The molecule has 0 amide bonds. The van der Waals surface area contributed by atoms with E-state index in [2.05, 4.69) is 0 Å². The fourth-order valence-corrected chi connectivity index (χ4v) is 1.28. The van der Waals surface area contributed by atoms with Gasteiger partial charge in [0.05, 0.1) is 12.2 Å². The number of alkyl halides is 2. The van der Waals surface area contributed by atoms with E-state index in [0.717, 1.165) is 0 Å². The third-order valence-corrected chi connectivity index (χ3v) is 1.70. The van der Waals surface area contributed by atoms with Crippen LogP contribution in [0.3, 0.4) is 0 Å². The van der Waals surface area contributed by atoms with Crippen LogP contribution in [0, 0.1) is 0 Å². The molecule has 60 valence electrons. The van der Waals surface area contributed by atoms with Crippen LogP contribution in [0.4, 0.5) is 8.78 Å². The predicted molar refractivity (Wildman–Crippen MR) is 34.4 cm³/mol. The molecule has 0 aromatic carbocycles. The number of rotatable bonds is 1. The van der Waals surface area contributed by atoms with E-state index < -0.39 is 19.0 Å². The van der Waals surface area contributed by atoms with Crippen LogP contribution in [0.15, 0.2) is 0 Å². The Kier molecular flexibility index (Phi) is 2.60. The van der Waals surface area contributed by atoms with Crippen molar-refractivity contribution in [3.05, 3.63) is 0 Å². The van der Waals surface area contributed by atoms with Gasteiger partial charge in [0.1, 0.15) is 12.8 Å². The number of ether oxygens (including phenoxy) is 1. The Morgan fingerprint density at radius 1 is 1.50 bits per heavy atom. The molecule has 0 N–H and O–H groups in total. The maximum atomic E-state index is 12.6. The smallest absolute Gasteiger partial charge is 0.116 e. The molecule has 0 saturated carbocycles. The highest BCUT2D eigenvalue weighted by Crippen LogP contribution is 2.21. The van der Waals surface area contributed by atoms with E-state index in [1.807, 2.05) is 0 Å². The zero-order valence-corrected chi connectivity index (χ0v) is 6.02. The van der Waals surface area contributed by atoms with E-state index in [1.165, 1.54) is 0 Å². The van der Waals surface area contributed by atoms with Crippen LogP contribution in [0.25, 0.3) is 0 Å². The molecule has 3 unspecified atom stereocenters. The summed E-state index contributed by atoms with van der Waals surface area (Å²) >= 11 is 0. The first-order valence-electron chi connectivity index (χ1n) is 3.58. The van der Waals surface area contributed by atoms with Crippen molar-refractivity contribution in [3.8, 4) is 0 Å². The van der Waals surface area contributed by atoms with E-state index in [1.54, 1.807) is 6.92 Å². The largest absolute Gasteiger partial charge is 0.372 e. The van der Waals surface area contributed by atoms with Crippen molar-refractivity contribution in [2.75, 3.05) is 6.67 Å². The molecule has 10 heavy (non-hydrogen) atoms. The second-order valence-electron chi connectivity index (χ2n) is 2.79. The summed E-state index contributed by atoms with van der Waals surface area (Å²) in [5.74, 6) is 0. The summed E-state index contributed by atoms with van der Waals surface area (Å²) in [5.41, 5.74) is 0. The van der Waals surface area contributed by atoms with Gasteiger partial charge < -0.3 is 4.74 Å². The topological polar surface area (TPSA) is 9.23 Å². The van der Waals surface area contributed by atoms with Crippen LogP contribution in [-0.2, 0) is 4.74 Å². The molecular formula is C7H12F2O. The zero-order valence-electron chi connectivity index (χ0n) is 6.02. The van der Waals surface area contributed by atoms with Gasteiger partial charge in [-0.3, -0.25) is 0 Å². The molecule has 0 aliphatic carbocycles. The Morgan fingerprint density at radius 2 is 2.20 bits per heavy atom. The lowest BCUT2D eigenvalue weighted by molar-refractivity contribution is -0.0760. The van der Waals surface area contributed by atoms with E-state index in [-0.39, 0.29) is 12.5 Å². The minimum Gasteiger partial charge on any atom is -0.372 e. The Labute approximate surface area is 59.4 Å². The van der Waals surface area contributed by atoms with E-state index in [0.29, 0.717) is 6.42 Å². The van der Waals surface area contributed by atoms with Gasteiger partial charge >= 0.3 is 0 Å². The van der Waals surface area contributed by atoms with Crippen molar-refractivity contribution >= 4 is 0 Å². The van der Waals surface area contributed by atoms with Crippen molar-refractivity contribution in [1.29, 1.82) is 0 Å². The first-order chi connectivity index (χ1) is 4.72. The van der Waals surface area contributed by atoms with Crippen LogP contribution in [0.1, 0.15) is 19.8 Å². The van der Waals surface area contributed by atoms with Crippen LogP contribution >= 0.6 is 0 Å². The monoisotopic (exact) mass is 150 g/mol. The Morgan fingerprint density at radius 3 is 2.70 bits per heavy atom. The van der Waals surface area contributed by atoms with Gasteiger partial charge in [-0.1, -0.05) is 0 Å². The molecule has 0 spiro atoms. The maximum absolute atomic E-state index is 12.6. The van der Waals surface area contributed by atoms with Gasteiger partial charge in [-0.25, -0.2) is 8.78 Å². The van der Waals surface area contributed by atoms with Crippen LogP contribution in [0.2, 0.25) is 0 Å². The van der Waals surface area contributed by atoms with Crippen molar-refractivity contribution in [3.63, 3.8) is 0 Å². The predicted octanol–water partition coefficient (Wildman–Crippen LogP) is 1.86. The molecule has 0 aromatic heterocycles. The average Bonchev–Trinajstić information content (AvgIpc) is 1.85. The van der Waals surface area contributed by atoms with E-state index in [9.17, 15) is 8.78 Å². The van der Waals surface area contributed by atoms with Gasteiger partial charge in [-0.05, 0) is 6.92 Å². The molecular weight excluding hydrogens is 138 g/mol. The van der Waals surface area contributed by atoms with E-state index >= 15 is 0 Å². The third kappa shape index (κ3) is 1.90. The summed E-state index contributed by atoms with van der Waals surface area (Å²) in [7, 11) is 0. The summed E-state index contributed by atoms with van der Waals surface area (Å²) in [6, 6.07) is 0. The van der Waals surface area contributed by atoms with Gasteiger partial charge in [0.15, 0.2) is 0 Å². The second kappa shape index (κ2) is 3.28. The number of hydrogen-bond donors (Lipinski definition) is 0. The van der Waals surface area contributed by atoms with Crippen LogP contribution in [-0.4, -0.2) is 25.1 Å². The Bertz CT molecular complexity index is 97.8. The van der Waals surface area contributed by atoms with Gasteiger partial charge in [-0.2, -0.15) is 0 Å². The molecule has 3 heteroatoms. The second-order valence-corrected chi connectivity index (χ2v) is 2.79. The highest BCUT2D eigenvalue weighted by molar-refractivity contribution is 4.74. The molecule has 1 rings (SSSR count). The van der Waals surface area contributed by atoms with Crippen LogP contribution in [0.5, 0.6) is 0 Å². The van der Waals surface area contributed by atoms with Crippen molar-refractivity contribution in [2.24, 2.45) is 0 Å². The first kappa shape index (κ1) is 7.92. The Balaban J connectivity index is 2.35. The van der Waals surface area contributed by atoms with Crippen molar-refractivity contribution in [1.82, 2.24) is 0 Å². The molecule has 1 nitrogen and oxygen atoms in total.